The molecule has 0 fully saturated rings. The van der Waals surface area contributed by atoms with Crippen LogP contribution in [-0.2, 0) is 8.85 Å². The Bertz CT molecular complexity index is 444. The van der Waals surface area contributed by atoms with Crippen molar-refractivity contribution in [3.63, 3.8) is 0 Å². The molecule has 1 aromatic carbocycles. The lowest BCUT2D eigenvalue weighted by Crippen LogP contribution is -2.54. The first-order chi connectivity index (χ1) is 8.80. The smallest absolute Gasteiger partial charge is 0.372 e. The number of hydrogen-bond acceptors (Lipinski definition) is 2. The van der Waals surface area contributed by atoms with Crippen LogP contribution in [0.4, 0.5) is 17.6 Å². The summed E-state index contributed by atoms with van der Waals surface area (Å²) in [4.78, 5) is 0. The van der Waals surface area contributed by atoms with Gasteiger partial charge < -0.3 is 8.85 Å². The van der Waals surface area contributed by atoms with Gasteiger partial charge in [-0.3, -0.25) is 0 Å². The van der Waals surface area contributed by atoms with E-state index in [-0.39, 0.29) is 24.0 Å². The number of benzene rings is 1. The molecule has 0 aliphatic rings. The molecule has 19 heavy (non-hydrogen) atoms. The van der Waals surface area contributed by atoms with Crippen LogP contribution in [0.5, 0.6) is 0 Å². The molecule has 7 heteroatoms. The highest BCUT2D eigenvalue weighted by atomic mass is 28.4. The van der Waals surface area contributed by atoms with Crippen molar-refractivity contribution in [2.24, 2.45) is 0 Å². The fraction of sp³-hybridized carbons (Fsp3) is 0.500. The highest BCUT2D eigenvalue weighted by molar-refractivity contribution is 6.80. The van der Waals surface area contributed by atoms with Gasteiger partial charge in [0.05, 0.1) is 0 Å². The van der Waals surface area contributed by atoms with E-state index in [1.807, 2.05) is 0 Å². The minimum Gasteiger partial charge on any atom is -0.391 e. The molecule has 0 amide bonds. The van der Waals surface area contributed by atoms with Crippen LogP contribution in [0.1, 0.15) is 19.4 Å². The van der Waals surface area contributed by atoms with Crippen molar-refractivity contribution in [1.82, 2.24) is 0 Å². The molecule has 0 saturated heterocycles. The summed E-state index contributed by atoms with van der Waals surface area (Å²) in [5, 5.41) is -0.326. The van der Waals surface area contributed by atoms with Crippen molar-refractivity contribution in [3.05, 3.63) is 28.8 Å². The van der Waals surface area contributed by atoms with Gasteiger partial charge in [-0.2, -0.15) is 0 Å². The van der Waals surface area contributed by atoms with Crippen molar-refractivity contribution in [3.8, 4) is 0 Å². The van der Waals surface area contributed by atoms with Crippen LogP contribution in [0, 0.1) is 30.2 Å². The molecule has 1 aromatic rings. The molecule has 1 rings (SSSR count). The van der Waals surface area contributed by atoms with Gasteiger partial charge in [-0.15, -0.1) is 0 Å². The summed E-state index contributed by atoms with van der Waals surface area (Å²) in [7, 11) is -3.32. The topological polar surface area (TPSA) is 18.5 Å². The lowest BCUT2D eigenvalue weighted by atomic mass is 10.2. The number of halogens is 4. The lowest BCUT2D eigenvalue weighted by molar-refractivity contribution is 0.200. The first-order valence-electron chi connectivity index (χ1n) is 5.91. The summed E-state index contributed by atoms with van der Waals surface area (Å²) in [6.07, 6.45) is 0. The van der Waals surface area contributed by atoms with Crippen molar-refractivity contribution >= 4 is 13.7 Å². The quantitative estimate of drug-likeness (QED) is 0.360. The summed E-state index contributed by atoms with van der Waals surface area (Å²) < 4.78 is 64.8. The summed E-state index contributed by atoms with van der Waals surface area (Å²) in [5.74, 6) is -6.50. The lowest BCUT2D eigenvalue weighted by Gasteiger charge is -2.28. The van der Waals surface area contributed by atoms with Gasteiger partial charge in [0.1, 0.15) is 0 Å². The summed E-state index contributed by atoms with van der Waals surface area (Å²) >= 11 is 0. The molecule has 0 unspecified atom stereocenters. The summed E-state index contributed by atoms with van der Waals surface area (Å²) in [5.41, 5.74) is -0.313. The molecule has 0 N–H and O–H groups in total. The number of hydrogen-bond donors (Lipinski definition) is 0. The van der Waals surface area contributed by atoms with Crippen LogP contribution in [0.25, 0.3) is 0 Å². The van der Waals surface area contributed by atoms with Crippen LogP contribution < -0.4 is 5.19 Å². The summed E-state index contributed by atoms with van der Waals surface area (Å²) in [6.45, 7) is 6.37. The van der Waals surface area contributed by atoms with E-state index in [9.17, 15) is 17.6 Å². The van der Waals surface area contributed by atoms with Gasteiger partial charge in [0.2, 0.25) is 0 Å². The molecular weight excluding hydrogens is 280 g/mol. The zero-order valence-corrected chi connectivity index (χ0v) is 12.2. The monoisotopic (exact) mass is 296 g/mol. The predicted molar refractivity (Wildman–Crippen MR) is 65.5 cm³/mol. The van der Waals surface area contributed by atoms with Crippen LogP contribution in [-0.4, -0.2) is 21.8 Å². The third-order valence-electron chi connectivity index (χ3n) is 2.80. The first kappa shape index (κ1) is 16.1. The molecule has 0 aliphatic carbocycles. The van der Waals surface area contributed by atoms with E-state index in [0.717, 1.165) is 0 Å². The van der Waals surface area contributed by atoms with Gasteiger partial charge in [0.25, 0.3) is 0 Å². The van der Waals surface area contributed by atoms with Crippen molar-refractivity contribution < 1.29 is 26.4 Å². The Labute approximate surface area is 110 Å². The number of rotatable bonds is 5. The molecule has 0 atom stereocenters. The molecule has 0 aromatic heterocycles. The van der Waals surface area contributed by atoms with Gasteiger partial charge in [-0.05, 0) is 32.9 Å². The highest BCUT2D eigenvalue weighted by Crippen LogP contribution is 2.21. The van der Waals surface area contributed by atoms with Crippen molar-refractivity contribution in [2.75, 3.05) is 13.2 Å². The van der Waals surface area contributed by atoms with Gasteiger partial charge >= 0.3 is 8.56 Å². The normalized spacial score (nSPS) is 12.0. The van der Waals surface area contributed by atoms with E-state index in [4.69, 9.17) is 8.85 Å². The second kappa shape index (κ2) is 6.02. The van der Waals surface area contributed by atoms with Crippen molar-refractivity contribution in [1.29, 1.82) is 0 Å². The van der Waals surface area contributed by atoms with E-state index < -0.39 is 31.8 Å². The fourth-order valence-electron chi connectivity index (χ4n) is 2.02. The Morgan fingerprint density at radius 1 is 0.842 bits per heavy atom. The fourth-order valence-corrected chi connectivity index (χ4v) is 4.79. The Morgan fingerprint density at radius 3 is 1.68 bits per heavy atom. The molecule has 0 radical (unpaired) electrons. The zero-order valence-electron chi connectivity index (χ0n) is 11.2. The standard InChI is InChI=1S/C12H16F4O2Si/c1-5-17-19(4,18-6-2)12-7(3)8(13)9(14)10(15)11(12)16/h5-6H2,1-4H3. The molecular formula is C12H16F4O2Si. The first-order valence-corrected chi connectivity index (χ1v) is 8.22. The maximum atomic E-state index is 13.9. The molecule has 0 bridgehead atoms. The van der Waals surface area contributed by atoms with E-state index in [1.165, 1.54) is 13.5 Å². The van der Waals surface area contributed by atoms with Gasteiger partial charge in [-0.25, -0.2) is 17.6 Å². The second-order valence-corrected chi connectivity index (χ2v) is 7.04. The SMILES string of the molecule is CCO[Si](C)(OCC)c1c(C)c(F)c(F)c(F)c1F. The third-order valence-corrected chi connectivity index (χ3v) is 5.98. The molecule has 0 aliphatic heterocycles. The average Bonchev–Trinajstić information content (AvgIpc) is 2.34. The Kier molecular flexibility index (Phi) is 5.11. The maximum Gasteiger partial charge on any atom is 0.372 e. The van der Waals surface area contributed by atoms with Crippen molar-refractivity contribution in [2.45, 2.75) is 27.3 Å². The van der Waals surface area contributed by atoms with Crippen LogP contribution in [0.3, 0.4) is 0 Å². The van der Waals surface area contributed by atoms with Crippen LogP contribution in [0.2, 0.25) is 6.55 Å². The van der Waals surface area contributed by atoms with E-state index in [0.29, 0.717) is 0 Å². The summed E-state index contributed by atoms with van der Waals surface area (Å²) in [6, 6.07) is 0. The predicted octanol–water partition coefficient (Wildman–Crippen LogP) is 2.90. The Hall–Kier alpha value is -0.923. The minimum absolute atomic E-state index is 0.197. The van der Waals surface area contributed by atoms with Gasteiger partial charge in [0.15, 0.2) is 23.3 Å². The zero-order chi connectivity index (χ0) is 14.8. The molecule has 0 heterocycles. The minimum atomic E-state index is -3.32. The maximum absolute atomic E-state index is 13.9. The molecule has 0 saturated carbocycles. The van der Waals surface area contributed by atoms with Crippen LogP contribution >= 0.6 is 0 Å². The van der Waals surface area contributed by atoms with E-state index in [1.54, 1.807) is 13.8 Å². The third kappa shape index (κ3) is 2.82. The van der Waals surface area contributed by atoms with Crippen LogP contribution in [0.15, 0.2) is 0 Å². The average molecular weight is 296 g/mol. The molecule has 0 spiro atoms. The van der Waals surface area contributed by atoms with Gasteiger partial charge in [-0.1, -0.05) is 0 Å². The molecule has 2 nitrogen and oxygen atoms in total. The largest absolute Gasteiger partial charge is 0.391 e. The Balaban J connectivity index is 3.55. The molecule has 108 valence electrons. The Morgan fingerprint density at radius 2 is 1.26 bits per heavy atom. The second-order valence-electron chi connectivity index (χ2n) is 4.07. The van der Waals surface area contributed by atoms with Gasteiger partial charge in [0, 0.05) is 18.4 Å². The van der Waals surface area contributed by atoms with E-state index >= 15 is 0 Å². The highest BCUT2D eigenvalue weighted by Gasteiger charge is 2.41. The van der Waals surface area contributed by atoms with E-state index in [2.05, 4.69) is 0 Å².